The predicted molar refractivity (Wildman–Crippen MR) is 247 cm³/mol. The lowest BCUT2D eigenvalue weighted by Crippen LogP contribution is -2.09. The maximum Gasteiger partial charge on any atom is 0.0539 e. The van der Waals surface area contributed by atoms with E-state index in [1.807, 2.05) is 0 Å². The van der Waals surface area contributed by atoms with Crippen LogP contribution in [0.5, 0.6) is 0 Å². The van der Waals surface area contributed by atoms with Crippen LogP contribution in [-0.2, 0) is 6.42 Å². The second kappa shape index (κ2) is 14.3. The van der Waals surface area contributed by atoms with Crippen LogP contribution < -0.4 is 4.90 Å². The van der Waals surface area contributed by atoms with E-state index < -0.39 is 0 Å². The van der Waals surface area contributed by atoms with Crippen LogP contribution in [-0.4, -0.2) is 4.57 Å². The van der Waals surface area contributed by atoms with E-state index in [0.29, 0.717) is 0 Å². The Balaban J connectivity index is 1.03. The number of anilines is 3. The molecule has 10 aromatic rings. The highest BCUT2D eigenvalue weighted by molar-refractivity contribution is 6.21. The summed E-state index contributed by atoms with van der Waals surface area (Å²) < 4.78 is 2.44. The lowest BCUT2D eigenvalue weighted by Gasteiger charge is -2.26. The summed E-state index contributed by atoms with van der Waals surface area (Å²) in [6, 6.07) is 75.2. The fourth-order valence-corrected chi connectivity index (χ4v) is 9.23. The van der Waals surface area contributed by atoms with Crippen molar-refractivity contribution in [3.8, 4) is 39.1 Å². The number of rotatable bonds is 7. The fraction of sp³-hybridized carbons (Fsp3) is 0.0357. The number of aryl methyl sites for hydroxylation is 1. The first-order chi connectivity index (χ1) is 28.8. The second-order valence-corrected chi connectivity index (χ2v) is 15.2. The zero-order chi connectivity index (χ0) is 38.4. The van der Waals surface area contributed by atoms with Gasteiger partial charge >= 0.3 is 0 Å². The monoisotopic (exact) mass is 740 g/mol. The Morgan fingerprint density at radius 3 is 1.45 bits per heavy atom. The van der Waals surface area contributed by atoms with E-state index in [1.165, 1.54) is 82.8 Å². The van der Waals surface area contributed by atoms with Gasteiger partial charge in [0.2, 0.25) is 0 Å². The molecular weight excluding hydrogens is 701 g/mol. The zero-order valence-corrected chi connectivity index (χ0v) is 32.1. The van der Waals surface area contributed by atoms with Crippen molar-refractivity contribution in [2.24, 2.45) is 0 Å². The Morgan fingerprint density at radius 2 is 0.845 bits per heavy atom. The molecule has 0 N–H and O–H groups in total. The second-order valence-electron chi connectivity index (χ2n) is 15.2. The van der Waals surface area contributed by atoms with E-state index in [9.17, 15) is 0 Å². The average Bonchev–Trinajstić information content (AvgIpc) is 3.63. The Morgan fingerprint density at radius 1 is 0.379 bits per heavy atom. The van der Waals surface area contributed by atoms with Crippen molar-refractivity contribution in [1.29, 1.82) is 0 Å². The molecule has 274 valence electrons. The number of hydrogen-bond donors (Lipinski definition) is 0. The van der Waals surface area contributed by atoms with Crippen molar-refractivity contribution in [3.63, 3.8) is 0 Å². The lowest BCUT2D eigenvalue weighted by atomic mass is 9.86. The highest BCUT2D eigenvalue weighted by Gasteiger charge is 2.22. The number of hydrogen-bond acceptors (Lipinski definition) is 1. The van der Waals surface area contributed by atoms with Crippen molar-refractivity contribution in [3.05, 3.63) is 224 Å². The SMILES string of the molecule is C1=Cc2c(c3cc(N(c4ccccc4)c4ccc(-c5c6ccccc6c(-c6ccccc6)c6ccccc56)cc4)ccc3n2-c2ccc(-c3ccccc3)cc2)CC1. The van der Waals surface area contributed by atoms with E-state index in [2.05, 4.69) is 228 Å². The molecule has 1 aromatic heterocycles. The van der Waals surface area contributed by atoms with Crippen LogP contribution in [0.15, 0.2) is 212 Å². The number of fused-ring (bicyclic) bond motifs is 5. The van der Waals surface area contributed by atoms with Gasteiger partial charge in [-0.15, -0.1) is 0 Å². The summed E-state index contributed by atoms with van der Waals surface area (Å²) in [6.45, 7) is 0. The van der Waals surface area contributed by atoms with E-state index >= 15 is 0 Å². The molecule has 0 amide bonds. The molecule has 9 aromatic carbocycles. The van der Waals surface area contributed by atoms with Gasteiger partial charge in [-0.2, -0.15) is 0 Å². The molecule has 0 aliphatic heterocycles. The van der Waals surface area contributed by atoms with Crippen LogP contribution in [0.1, 0.15) is 17.7 Å². The molecule has 0 spiro atoms. The van der Waals surface area contributed by atoms with Gasteiger partial charge in [0.05, 0.1) is 5.52 Å². The smallest absolute Gasteiger partial charge is 0.0539 e. The van der Waals surface area contributed by atoms with Crippen molar-refractivity contribution >= 4 is 55.6 Å². The summed E-state index contributed by atoms with van der Waals surface area (Å²) in [6.07, 6.45) is 6.70. The van der Waals surface area contributed by atoms with Crippen LogP contribution in [0.3, 0.4) is 0 Å². The molecule has 0 fully saturated rings. The minimum Gasteiger partial charge on any atom is -0.310 e. The molecular formula is C56H40N2. The number of benzene rings is 9. The molecule has 0 saturated carbocycles. The van der Waals surface area contributed by atoms with Gasteiger partial charge in [-0.3, -0.25) is 0 Å². The van der Waals surface area contributed by atoms with Crippen LogP contribution in [0.2, 0.25) is 0 Å². The molecule has 1 aliphatic carbocycles. The van der Waals surface area contributed by atoms with Gasteiger partial charge in [0, 0.05) is 33.8 Å². The maximum atomic E-state index is 2.44. The molecule has 2 heteroatoms. The van der Waals surface area contributed by atoms with Crippen molar-refractivity contribution in [1.82, 2.24) is 4.57 Å². The first-order valence-corrected chi connectivity index (χ1v) is 20.2. The maximum absolute atomic E-state index is 2.44. The summed E-state index contributed by atoms with van der Waals surface area (Å²) >= 11 is 0. The number of allylic oxidation sites excluding steroid dienone is 1. The van der Waals surface area contributed by atoms with Crippen molar-refractivity contribution < 1.29 is 0 Å². The minimum absolute atomic E-state index is 1.02. The van der Waals surface area contributed by atoms with Crippen LogP contribution in [0.4, 0.5) is 17.1 Å². The summed E-state index contributed by atoms with van der Waals surface area (Å²) in [7, 11) is 0. The lowest BCUT2D eigenvalue weighted by molar-refractivity contribution is 0.967. The Labute approximate surface area is 339 Å². The number of aromatic nitrogens is 1. The molecule has 1 heterocycles. The zero-order valence-electron chi connectivity index (χ0n) is 32.1. The minimum atomic E-state index is 1.02. The largest absolute Gasteiger partial charge is 0.310 e. The van der Waals surface area contributed by atoms with Gasteiger partial charge in [0.15, 0.2) is 0 Å². The van der Waals surface area contributed by atoms with Crippen LogP contribution >= 0.6 is 0 Å². The summed E-state index contributed by atoms with van der Waals surface area (Å²) in [5, 5.41) is 6.36. The Kier molecular flexibility index (Phi) is 8.33. The van der Waals surface area contributed by atoms with E-state index in [4.69, 9.17) is 0 Å². The Bertz CT molecular complexity index is 3060. The standard InChI is InChI=1S/C56H40N2/c1-4-16-39(17-5-1)40-28-32-45(33-29-40)58-53-27-15-14-22-47(53)52-38-46(36-37-54(52)58)57(43-20-8-3-9-21-43)44-34-30-42(31-35-44)56-50-25-12-10-23-48(50)55(41-18-6-2-7-19-41)49-24-11-13-26-51(49)56/h1-13,15-21,23-38H,14,22H2. The predicted octanol–water partition coefficient (Wildman–Crippen LogP) is 15.4. The number of nitrogens with zero attached hydrogens (tertiary/aromatic N) is 2. The average molecular weight is 741 g/mol. The summed E-state index contributed by atoms with van der Waals surface area (Å²) in [5.74, 6) is 0. The molecule has 11 rings (SSSR count). The molecule has 0 atom stereocenters. The summed E-state index contributed by atoms with van der Waals surface area (Å²) in [4.78, 5) is 2.40. The van der Waals surface area contributed by atoms with Gasteiger partial charge in [-0.25, -0.2) is 0 Å². The van der Waals surface area contributed by atoms with Crippen molar-refractivity contribution in [2.75, 3.05) is 4.90 Å². The highest BCUT2D eigenvalue weighted by atomic mass is 15.1. The Hall–Kier alpha value is -7.42. The van der Waals surface area contributed by atoms with Gasteiger partial charge < -0.3 is 9.47 Å². The topological polar surface area (TPSA) is 8.17 Å². The van der Waals surface area contributed by atoms with Crippen molar-refractivity contribution in [2.45, 2.75) is 12.8 Å². The molecule has 0 saturated heterocycles. The molecule has 0 unspecified atom stereocenters. The number of para-hydroxylation sites is 1. The van der Waals surface area contributed by atoms with Gasteiger partial charge in [0.25, 0.3) is 0 Å². The first kappa shape index (κ1) is 33.9. The van der Waals surface area contributed by atoms with Gasteiger partial charge in [-0.05, 0) is 134 Å². The van der Waals surface area contributed by atoms with Crippen LogP contribution in [0.25, 0.3) is 77.6 Å². The highest BCUT2D eigenvalue weighted by Crippen LogP contribution is 2.45. The third-order valence-electron chi connectivity index (χ3n) is 11.8. The quantitative estimate of drug-likeness (QED) is 0.148. The first-order valence-electron chi connectivity index (χ1n) is 20.2. The van der Waals surface area contributed by atoms with E-state index in [0.717, 1.165) is 29.9 Å². The molecule has 2 nitrogen and oxygen atoms in total. The van der Waals surface area contributed by atoms with E-state index in [-0.39, 0.29) is 0 Å². The fourth-order valence-electron chi connectivity index (χ4n) is 9.23. The third kappa shape index (κ3) is 5.73. The molecule has 0 bridgehead atoms. The van der Waals surface area contributed by atoms with E-state index in [1.54, 1.807) is 0 Å². The molecule has 1 aliphatic rings. The van der Waals surface area contributed by atoms with Gasteiger partial charge in [0.1, 0.15) is 0 Å². The summed E-state index contributed by atoms with van der Waals surface area (Å²) in [5.41, 5.74) is 15.9. The molecule has 58 heavy (non-hydrogen) atoms. The third-order valence-corrected chi connectivity index (χ3v) is 11.8. The normalized spacial score (nSPS) is 12.3. The molecule has 0 radical (unpaired) electrons. The van der Waals surface area contributed by atoms with Crippen LogP contribution in [0, 0.1) is 0 Å². The van der Waals surface area contributed by atoms with Gasteiger partial charge in [-0.1, -0.05) is 158 Å².